The molecule has 1 aromatic heterocycles. The van der Waals surface area contributed by atoms with Crippen molar-refractivity contribution in [2.24, 2.45) is 0 Å². The SMILES string of the molecule is COc1c(-c2cc(C(=O)O)on2)cc(F)c(Cl)c1F. The van der Waals surface area contributed by atoms with E-state index in [1.165, 1.54) is 0 Å². The summed E-state index contributed by atoms with van der Waals surface area (Å²) in [4.78, 5) is 10.7. The Balaban J connectivity index is 2.63. The topological polar surface area (TPSA) is 72.6 Å². The van der Waals surface area contributed by atoms with E-state index in [9.17, 15) is 13.6 Å². The number of aromatic nitrogens is 1. The van der Waals surface area contributed by atoms with Crippen molar-refractivity contribution in [1.82, 2.24) is 5.16 Å². The van der Waals surface area contributed by atoms with E-state index in [4.69, 9.17) is 21.4 Å². The van der Waals surface area contributed by atoms with Gasteiger partial charge in [-0.2, -0.15) is 0 Å². The van der Waals surface area contributed by atoms with Crippen LogP contribution in [0.25, 0.3) is 11.3 Å². The van der Waals surface area contributed by atoms with E-state index >= 15 is 0 Å². The first kappa shape index (κ1) is 13.3. The number of carboxylic acids is 1. The number of hydrogen-bond acceptors (Lipinski definition) is 4. The van der Waals surface area contributed by atoms with Crippen LogP contribution in [0.5, 0.6) is 5.75 Å². The van der Waals surface area contributed by atoms with Crippen molar-refractivity contribution in [1.29, 1.82) is 0 Å². The molecule has 0 aliphatic heterocycles. The Kier molecular flexibility index (Phi) is 3.39. The fourth-order valence-electron chi connectivity index (χ4n) is 1.47. The molecule has 0 atom stereocenters. The van der Waals surface area contributed by atoms with Gasteiger partial charge in [0.15, 0.2) is 11.6 Å². The first-order chi connectivity index (χ1) is 8.95. The zero-order valence-electron chi connectivity index (χ0n) is 9.41. The van der Waals surface area contributed by atoms with Gasteiger partial charge in [-0.25, -0.2) is 13.6 Å². The predicted molar refractivity (Wildman–Crippen MR) is 60.4 cm³/mol. The zero-order chi connectivity index (χ0) is 14.2. The van der Waals surface area contributed by atoms with Crippen LogP contribution in [0.15, 0.2) is 16.7 Å². The van der Waals surface area contributed by atoms with Gasteiger partial charge in [0.1, 0.15) is 16.5 Å². The molecule has 0 saturated carbocycles. The molecular weight excluding hydrogens is 284 g/mol. The van der Waals surface area contributed by atoms with Gasteiger partial charge in [0.2, 0.25) is 5.76 Å². The Bertz CT molecular complexity index is 656. The number of carboxylic acid groups (broad SMARTS) is 1. The van der Waals surface area contributed by atoms with E-state index in [1.807, 2.05) is 0 Å². The number of aromatic carboxylic acids is 1. The van der Waals surface area contributed by atoms with Gasteiger partial charge in [0, 0.05) is 6.07 Å². The van der Waals surface area contributed by atoms with Crippen LogP contribution in [0.4, 0.5) is 8.78 Å². The average Bonchev–Trinajstić information content (AvgIpc) is 2.85. The second kappa shape index (κ2) is 4.85. The molecule has 8 heteroatoms. The van der Waals surface area contributed by atoms with Gasteiger partial charge in [-0.15, -0.1) is 0 Å². The highest BCUT2D eigenvalue weighted by Gasteiger charge is 2.22. The Hall–Kier alpha value is -2.15. The zero-order valence-corrected chi connectivity index (χ0v) is 10.2. The van der Waals surface area contributed by atoms with Gasteiger partial charge in [-0.1, -0.05) is 16.8 Å². The molecule has 0 aliphatic rings. The van der Waals surface area contributed by atoms with E-state index in [-0.39, 0.29) is 17.0 Å². The van der Waals surface area contributed by atoms with Crippen LogP contribution in [-0.4, -0.2) is 23.3 Å². The lowest BCUT2D eigenvalue weighted by Gasteiger charge is -2.08. The van der Waals surface area contributed by atoms with Crippen molar-refractivity contribution < 1.29 is 27.9 Å². The molecule has 2 rings (SSSR count). The summed E-state index contributed by atoms with van der Waals surface area (Å²) in [6.07, 6.45) is 0. The van der Waals surface area contributed by atoms with E-state index in [1.54, 1.807) is 0 Å². The third-order valence-corrected chi connectivity index (χ3v) is 2.66. The number of hydrogen-bond donors (Lipinski definition) is 1. The van der Waals surface area contributed by atoms with Crippen LogP contribution in [-0.2, 0) is 0 Å². The van der Waals surface area contributed by atoms with Crippen LogP contribution in [0.1, 0.15) is 10.6 Å². The van der Waals surface area contributed by atoms with Crippen LogP contribution >= 0.6 is 11.6 Å². The van der Waals surface area contributed by atoms with Crippen LogP contribution in [0, 0.1) is 11.6 Å². The minimum Gasteiger partial charge on any atom is -0.493 e. The lowest BCUT2D eigenvalue weighted by molar-refractivity contribution is 0.0652. The van der Waals surface area contributed by atoms with E-state index < -0.39 is 28.4 Å². The Morgan fingerprint density at radius 2 is 2.16 bits per heavy atom. The van der Waals surface area contributed by atoms with Crippen LogP contribution in [0.3, 0.4) is 0 Å². The number of halogens is 3. The van der Waals surface area contributed by atoms with Gasteiger partial charge >= 0.3 is 5.97 Å². The summed E-state index contributed by atoms with van der Waals surface area (Å²) in [6.45, 7) is 0. The van der Waals surface area contributed by atoms with Gasteiger partial charge in [-0.3, -0.25) is 0 Å². The predicted octanol–water partition coefficient (Wildman–Crippen LogP) is 2.98. The smallest absolute Gasteiger partial charge is 0.374 e. The monoisotopic (exact) mass is 289 g/mol. The van der Waals surface area contributed by atoms with Crippen molar-refractivity contribution in [2.45, 2.75) is 0 Å². The number of benzene rings is 1. The summed E-state index contributed by atoms with van der Waals surface area (Å²) in [5, 5.41) is 11.4. The molecule has 1 N–H and O–H groups in total. The molecule has 0 bridgehead atoms. The molecule has 0 amide bonds. The molecule has 0 radical (unpaired) electrons. The quantitative estimate of drug-likeness (QED) is 0.879. The second-order valence-electron chi connectivity index (χ2n) is 3.45. The maximum absolute atomic E-state index is 13.7. The average molecular weight is 290 g/mol. The standard InChI is InChI=1S/C11H6ClF2NO4/c1-18-10-4(2-5(13)8(12)9(10)14)6-3-7(11(16)17)19-15-6/h2-3H,1H3,(H,16,17). The van der Waals surface area contributed by atoms with E-state index in [0.29, 0.717) is 0 Å². The molecule has 0 spiro atoms. The number of ether oxygens (including phenoxy) is 1. The molecule has 0 aliphatic carbocycles. The molecular formula is C11H6ClF2NO4. The number of rotatable bonds is 3. The van der Waals surface area contributed by atoms with Gasteiger partial charge in [-0.05, 0) is 6.07 Å². The molecule has 1 aromatic carbocycles. The molecule has 2 aromatic rings. The summed E-state index contributed by atoms with van der Waals surface area (Å²) < 4.78 is 36.4. The van der Waals surface area contributed by atoms with Gasteiger partial charge in [0.05, 0.1) is 12.7 Å². The van der Waals surface area contributed by atoms with Gasteiger partial charge < -0.3 is 14.4 Å². The largest absolute Gasteiger partial charge is 0.493 e. The van der Waals surface area contributed by atoms with Crippen molar-refractivity contribution in [2.75, 3.05) is 7.11 Å². The maximum Gasteiger partial charge on any atom is 0.374 e. The first-order valence-corrected chi connectivity index (χ1v) is 5.25. The highest BCUT2D eigenvalue weighted by atomic mass is 35.5. The fraction of sp³-hybridized carbons (Fsp3) is 0.0909. The van der Waals surface area contributed by atoms with Crippen LogP contribution in [0.2, 0.25) is 5.02 Å². The molecule has 19 heavy (non-hydrogen) atoms. The van der Waals surface area contributed by atoms with Gasteiger partial charge in [0.25, 0.3) is 0 Å². The lowest BCUT2D eigenvalue weighted by Crippen LogP contribution is -1.96. The molecule has 1 heterocycles. The number of carbonyl (C=O) groups is 1. The number of methoxy groups -OCH3 is 1. The maximum atomic E-state index is 13.7. The second-order valence-corrected chi connectivity index (χ2v) is 3.83. The summed E-state index contributed by atoms with van der Waals surface area (Å²) >= 11 is 5.41. The number of nitrogens with zero attached hydrogens (tertiary/aromatic N) is 1. The Labute approximate surface area is 110 Å². The summed E-state index contributed by atoms with van der Waals surface area (Å²) in [5.74, 6) is -4.29. The Morgan fingerprint density at radius 1 is 1.47 bits per heavy atom. The van der Waals surface area contributed by atoms with E-state index in [2.05, 4.69) is 9.68 Å². The minimum absolute atomic E-state index is 0.0799. The third-order valence-electron chi connectivity index (χ3n) is 2.32. The Morgan fingerprint density at radius 3 is 2.68 bits per heavy atom. The van der Waals surface area contributed by atoms with Crippen LogP contribution < -0.4 is 4.74 Å². The highest BCUT2D eigenvalue weighted by molar-refractivity contribution is 6.31. The third kappa shape index (κ3) is 2.24. The van der Waals surface area contributed by atoms with E-state index in [0.717, 1.165) is 19.2 Å². The summed E-state index contributed by atoms with van der Waals surface area (Å²) in [6, 6.07) is 1.90. The fourth-order valence-corrected chi connectivity index (χ4v) is 1.61. The normalized spacial score (nSPS) is 10.5. The highest BCUT2D eigenvalue weighted by Crippen LogP contribution is 2.37. The lowest BCUT2D eigenvalue weighted by atomic mass is 10.1. The molecule has 0 saturated heterocycles. The first-order valence-electron chi connectivity index (χ1n) is 4.87. The molecule has 5 nitrogen and oxygen atoms in total. The molecule has 100 valence electrons. The summed E-state index contributed by atoms with van der Waals surface area (Å²) in [5.41, 5.74) is -0.179. The van der Waals surface area contributed by atoms with Crippen molar-refractivity contribution >= 4 is 17.6 Å². The minimum atomic E-state index is -1.35. The van der Waals surface area contributed by atoms with Crippen molar-refractivity contribution in [3.05, 3.63) is 34.6 Å². The van der Waals surface area contributed by atoms with Crippen molar-refractivity contribution in [3.8, 4) is 17.0 Å². The summed E-state index contributed by atoms with van der Waals surface area (Å²) in [7, 11) is 1.16. The van der Waals surface area contributed by atoms with Crippen molar-refractivity contribution in [3.63, 3.8) is 0 Å². The molecule has 0 fully saturated rings. The molecule has 0 unspecified atom stereocenters.